The molecule has 114 valence electrons. The van der Waals surface area contributed by atoms with E-state index < -0.39 is 0 Å². The van der Waals surface area contributed by atoms with Crippen molar-refractivity contribution in [1.82, 2.24) is 10.6 Å². The van der Waals surface area contributed by atoms with Crippen LogP contribution < -0.4 is 10.6 Å². The predicted octanol–water partition coefficient (Wildman–Crippen LogP) is 2.68. The van der Waals surface area contributed by atoms with E-state index in [4.69, 9.17) is 0 Å². The molecule has 3 rings (SSSR count). The zero-order valence-corrected chi connectivity index (χ0v) is 12.8. The molecule has 3 nitrogen and oxygen atoms in total. The number of benzene rings is 1. The third-order valence-corrected chi connectivity index (χ3v) is 5.26. The van der Waals surface area contributed by atoms with E-state index in [2.05, 4.69) is 47.9 Å². The van der Waals surface area contributed by atoms with Crippen LogP contribution in [0.25, 0.3) is 0 Å². The summed E-state index contributed by atoms with van der Waals surface area (Å²) in [6.07, 6.45) is 4.80. The number of hydrogen-bond donors (Lipinski definition) is 2. The van der Waals surface area contributed by atoms with Gasteiger partial charge in [0.1, 0.15) is 0 Å². The van der Waals surface area contributed by atoms with Crippen LogP contribution in [0.4, 0.5) is 0 Å². The topological polar surface area (TPSA) is 41.1 Å². The lowest BCUT2D eigenvalue weighted by molar-refractivity contribution is -0.127. The lowest BCUT2D eigenvalue weighted by atomic mass is 9.79. The first kappa shape index (κ1) is 14.6. The molecule has 1 aliphatic heterocycles. The smallest absolute Gasteiger partial charge is 0.223 e. The van der Waals surface area contributed by atoms with Gasteiger partial charge in [0.05, 0.1) is 0 Å². The molecule has 1 aromatic carbocycles. The predicted molar refractivity (Wildman–Crippen MR) is 85.1 cm³/mol. The minimum atomic E-state index is 0.129. The largest absolute Gasteiger partial charge is 0.353 e. The SMILES string of the molecule is CC(C(=O)NC1CCCCC1c1ccccc1)C1CNC1. The molecule has 0 aromatic heterocycles. The van der Waals surface area contributed by atoms with Gasteiger partial charge in [-0.25, -0.2) is 0 Å². The lowest BCUT2D eigenvalue weighted by Gasteiger charge is -2.36. The molecular weight excluding hydrogens is 260 g/mol. The standard InChI is InChI=1S/C18H26N2O/c1-13(15-11-19-12-15)18(21)20-17-10-6-5-9-16(17)14-7-3-2-4-8-14/h2-4,7-8,13,15-17,19H,5-6,9-12H2,1H3,(H,20,21). The van der Waals surface area contributed by atoms with Crippen LogP contribution in [0.2, 0.25) is 0 Å². The summed E-state index contributed by atoms with van der Waals surface area (Å²) < 4.78 is 0. The monoisotopic (exact) mass is 286 g/mol. The lowest BCUT2D eigenvalue weighted by Crippen LogP contribution is -2.52. The molecule has 0 bridgehead atoms. The highest BCUT2D eigenvalue weighted by Gasteiger charge is 2.32. The summed E-state index contributed by atoms with van der Waals surface area (Å²) >= 11 is 0. The molecule has 2 fully saturated rings. The Morgan fingerprint density at radius 3 is 2.57 bits per heavy atom. The third-order valence-electron chi connectivity index (χ3n) is 5.26. The molecule has 1 saturated carbocycles. The van der Waals surface area contributed by atoms with E-state index in [1.54, 1.807) is 0 Å². The second-order valence-corrected chi connectivity index (χ2v) is 6.62. The first-order valence-corrected chi connectivity index (χ1v) is 8.31. The molecule has 21 heavy (non-hydrogen) atoms. The maximum atomic E-state index is 12.5. The number of carbonyl (C=O) groups excluding carboxylic acids is 1. The second kappa shape index (κ2) is 6.61. The van der Waals surface area contributed by atoms with Crippen molar-refractivity contribution in [3.8, 4) is 0 Å². The molecule has 1 aromatic rings. The molecule has 3 heteroatoms. The van der Waals surface area contributed by atoms with E-state index in [9.17, 15) is 4.79 Å². The number of hydrogen-bond acceptors (Lipinski definition) is 2. The quantitative estimate of drug-likeness (QED) is 0.893. The zero-order chi connectivity index (χ0) is 14.7. The number of nitrogens with one attached hydrogen (secondary N) is 2. The van der Waals surface area contributed by atoms with Gasteiger partial charge in [-0.2, -0.15) is 0 Å². The average molecular weight is 286 g/mol. The molecule has 0 radical (unpaired) electrons. The fraction of sp³-hybridized carbons (Fsp3) is 0.611. The minimum Gasteiger partial charge on any atom is -0.353 e. The zero-order valence-electron chi connectivity index (χ0n) is 12.8. The molecule has 1 heterocycles. The van der Waals surface area contributed by atoms with Crippen molar-refractivity contribution in [2.75, 3.05) is 13.1 Å². The molecule has 3 unspecified atom stereocenters. The third kappa shape index (κ3) is 3.29. The summed E-state index contributed by atoms with van der Waals surface area (Å²) in [5.74, 6) is 1.37. The summed E-state index contributed by atoms with van der Waals surface area (Å²) in [4.78, 5) is 12.5. The van der Waals surface area contributed by atoms with Gasteiger partial charge in [0, 0.05) is 17.9 Å². The first-order chi connectivity index (χ1) is 10.3. The van der Waals surface area contributed by atoms with E-state index in [0.717, 1.165) is 19.5 Å². The first-order valence-electron chi connectivity index (χ1n) is 8.31. The van der Waals surface area contributed by atoms with Gasteiger partial charge in [-0.15, -0.1) is 0 Å². The maximum Gasteiger partial charge on any atom is 0.223 e. The van der Waals surface area contributed by atoms with Crippen LogP contribution in [-0.2, 0) is 4.79 Å². The highest BCUT2D eigenvalue weighted by molar-refractivity contribution is 5.79. The highest BCUT2D eigenvalue weighted by Crippen LogP contribution is 2.33. The van der Waals surface area contributed by atoms with E-state index in [1.807, 2.05) is 0 Å². The van der Waals surface area contributed by atoms with E-state index >= 15 is 0 Å². The van der Waals surface area contributed by atoms with Crippen LogP contribution in [0.1, 0.15) is 44.1 Å². The molecule has 3 atom stereocenters. The summed E-state index contributed by atoms with van der Waals surface area (Å²) in [6.45, 7) is 4.05. The van der Waals surface area contributed by atoms with Crippen molar-refractivity contribution in [3.63, 3.8) is 0 Å². The molecule has 2 N–H and O–H groups in total. The summed E-state index contributed by atoms with van der Waals surface area (Å²) in [5, 5.41) is 6.60. The Morgan fingerprint density at radius 1 is 1.19 bits per heavy atom. The Kier molecular flexibility index (Phi) is 4.59. The fourth-order valence-electron chi connectivity index (χ4n) is 3.60. The van der Waals surface area contributed by atoms with Crippen LogP contribution in [0.15, 0.2) is 30.3 Å². The minimum absolute atomic E-state index is 0.129. The van der Waals surface area contributed by atoms with Gasteiger partial charge in [0.2, 0.25) is 5.91 Å². The van der Waals surface area contributed by atoms with Crippen LogP contribution in [0.5, 0.6) is 0 Å². The van der Waals surface area contributed by atoms with Crippen LogP contribution in [0.3, 0.4) is 0 Å². The second-order valence-electron chi connectivity index (χ2n) is 6.62. The van der Waals surface area contributed by atoms with Crippen molar-refractivity contribution < 1.29 is 4.79 Å². The number of amides is 1. The molecule has 1 aliphatic carbocycles. The Labute approximate surface area is 127 Å². The summed E-state index contributed by atoms with van der Waals surface area (Å²) in [7, 11) is 0. The molecule has 1 amide bonds. The summed E-state index contributed by atoms with van der Waals surface area (Å²) in [6, 6.07) is 11.0. The number of rotatable bonds is 4. The van der Waals surface area contributed by atoms with Gasteiger partial charge < -0.3 is 10.6 Å². The van der Waals surface area contributed by atoms with E-state index in [0.29, 0.717) is 17.9 Å². The van der Waals surface area contributed by atoms with Gasteiger partial charge in [-0.05, 0) is 37.4 Å². The normalized spacial score (nSPS) is 27.7. The van der Waals surface area contributed by atoms with Gasteiger partial charge in [0.15, 0.2) is 0 Å². The van der Waals surface area contributed by atoms with Gasteiger partial charge in [0.25, 0.3) is 0 Å². The molecule has 1 saturated heterocycles. The van der Waals surface area contributed by atoms with E-state index in [1.165, 1.54) is 24.8 Å². The van der Waals surface area contributed by atoms with Crippen LogP contribution >= 0.6 is 0 Å². The fourth-order valence-corrected chi connectivity index (χ4v) is 3.60. The highest BCUT2D eigenvalue weighted by atomic mass is 16.1. The van der Waals surface area contributed by atoms with Gasteiger partial charge >= 0.3 is 0 Å². The maximum absolute atomic E-state index is 12.5. The Bertz CT molecular complexity index is 469. The van der Waals surface area contributed by atoms with Crippen molar-refractivity contribution >= 4 is 5.91 Å². The Balaban J connectivity index is 1.65. The van der Waals surface area contributed by atoms with Gasteiger partial charge in [-0.3, -0.25) is 4.79 Å². The van der Waals surface area contributed by atoms with Crippen molar-refractivity contribution in [3.05, 3.63) is 35.9 Å². The molecule has 2 aliphatic rings. The van der Waals surface area contributed by atoms with Crippen molar-refractivity contribution in [2.45, 2.75) is 44.6 Å². The van der Waals surface area contributed by atoms with Crippen LogP contribution in [-0.4, -0.2) is 25.0 Å². The number of carbonyl (C=O) groups is 1. The van der Waals surface area contributed by atoms with Crippen molar-refractivity contribution in [1.29, 1.82) is 0 Å². The van der Waals surface area contributed by atoms with Gasteiger partial charge in [-0.1, -0.05) is 50.1 Å². The van der Waals surface area contributed by atoms with Crippen LogP contribution in [0, 0.1) is 11.8 Å². The molecule has 0 spiro atoms. The average Bonchev–Trinajstić information content (AvgIpc) is 2.47. The Morgan fingerprint density at radius 2 is 1.90 bits per heavy atom. The van der Waals surface area contributed by atoms with E-state index in [-0.39, 0.29) is 11.8 Å². The van der Waals surface area contributed by atoms with Crippen molar-refractivity contribution in [2.24, 2.45) is 11.8 Å². The summed E-state index contributed by atoms with van der Waals surface area (Å²) in [5.41, 5.74) is 1.38. The molecular formula is C18H26N2O. The Hall–Kier alpha value is -1.35.